The van der Waals surface area contributed by atoms with Gasteiger partial charge in [0.2, 0.25) is 0 Å². The summed E-state index contributed by atoms with van der Waals surface area (Å²) in [6, 6.07) is 8.85. The van der Waals surface area contributed by atoms with Gasteiger partial charge < -0.3 is 4.42 Å². The van der Waals surface area contributed by atoms with Crippen molar-refractivity contribution in [3.63, 3.8) is 0 Å². The molecule has 0 saturated carbocycles. The molecule has 0 bridgehead atoms. The van der Waals surface area contributed by atoms with E-state index in [0.717, 1.165) is 6.26 Å². The maximum Gasteiger partial charge on any atom is 0.185 e. The summed E-state index contributed by atoms with van der Waals surface area (Å²) in [6.07, 6.45) is 2.45. The maximum atomic E-state index is 11.3. The largest absolute Gasteiger partial charge is 0.464 e. The summed E-state index contributed by atoms with van der Waals surface area (Å²) in [5.41, 5.74) is 0.508. The minimum absolute atomic E-state index is 0.154. The van der Waals surface area contributed by atoms with Crippen molar-refractivity contribution in [3.8, 4) is 11.3 Å². The number of hydrogen-bond acceptors (Lipinski definition) is 4. The van der Waals surface area contributed by atoms with Gasteiger partial charge in [0.25, 0.3) is 0 Å². The first-order chi connectivity index (χ1) is 7.97. The molecule has 4 nitrogen and oxygen atoms in total. The molecule has 0 amide bonds. The molecule has 1 heterocycles. The Morgan fingerprint density at radius 2 is 1.71 bits per heavy atom. The molecule has 0 N–H and O–H groups in total. The molecular formula is C12H10O4S. The SMILES string of the molecule is CS(=O)(=O)c1ccc(-c2cc(=O)cco2)cc1. The van der Waals surface area contributed by atoms with Crippen LogP contribution in [0.4, 0.5) is 0 Å². The highest BCUT2D eigenvalue weighted by Gasteiger charge is 2.07. The van der Waals surface area contributed by atoms with Crippen molar-refractivity contribution in [2.75, 3.05) is 6.26 Å². The lowest BCUT2D eigenvalue weighted by Gasteiger charge is -2.01. The predicted molar refractivity (Wildman–Crippen MR) is 63.5 cm³/mol. The molecule has 0 radical (unpaired) electrons. The lowest BCUT2D eigenvalue weighted by atomic mass is 10.1. The van der Waals surface area contributed by atoms with Gasteiger partial charge in [-0.1, -0.05) is 0 Å². The summed E-state index contributed by atoms with van der Waals surface area (Å²) in [4.78, 5) is 11.4. The zero-order valence-corrected chi connectivity index (χ0v) is 9.90. The number of hydrogen-bond donors (Lipinski definition) is 0. The molecule has 0 unspecified atom stereocenters. The first-order valence-electron chi connectivity index (χ1n) is 4.86. The Kier molecular flexibility index (Phi) is 2.85. The second-order valence-electron chi connectivity index (χ2n) is 3.63. The highest BCUT2D eigenvalue weighted by molar-refractivity contribution is 7.90. The van der Waals surface area contributed by atoms with Crippen molar-refractivity contribution in [1.29, 1.82) is 0 Å². The minimum atomic E-state index is -3.20. The van der Waals surface area contributed by atoms with E-state index in [9.17, 15) is 13.2 Å². The van der Waals surface area contributed by atoms with Crippen LogP contribution in [0.25, 0.3) is 11.3 Å². The summed E-state index contributed by atoms with van der Waals surface area (Å²) in [6.45, 7) is 0. The lowest BCUT2D eigenvalue weighted by molar-refractivity contribution is 0.564. The number of benzene rings is 1. The molecule has 0 fully saturated rings. The van der Waals surface area contributed by atoms with E-state index in [1.807, 2.05) is 0 Å². The average molecular weight is 250 g/mol. The molecule has 0 aliphatic carbocycles. The van der Waals surface area contributed by atoms with Crippen molar-refractivity contribution in [2.45, 2.75) is 4.90 Å². The summed E-state index contributed by atoms with van der Waals surface area (Å²) < 4.78 is 27.7. The predicted octanol–water partition coefficient (Wildman–Crippen LogP) is 1.71. The fourth-order valence-electron chi connectivity index (χ4n) is 1.40. The van der Waals surface area contributed by atoms with Crippen molar-refractivity contribution >= 4 is 9.84 Å². The molecule has 0 atom stereocenters. The zero-order chi connectivity index (χ0) is 12.5. The molecule has 0 aliphatic rings. The highest BCUT2D eigenvalue weighted by atomic mass is 32.2. The molecule has 88 valence electrons. The fourth-order valence-corrected chi connectivity index (χ4v) is 2.03. The normalized spacial score (nSPS) is 11.4. The van der Waals surface area contributed by atoms with Gasteiger partial charge in [0.1, 0.15) is 5.76 Å². The number of rotatable bonds is 2. The third-order valence-corrected chi connectivity index (χ3v) is 3.40. The third kappa shape index (κ3) is 2.62. The average Bonchev–Trinajstić information content (AvgIpc) is 2.28. The fraction of sp³-hybridized carbons (Fsp3) is 0.0833. The van der Waals surface area contributed by atoms with Crippen LogP contribution in [-0.4, -0.2) is 14.7 Å². The summed E-state index contributed by atoms with van der Waals surface area (Å²) in [5, 5.41) is 0. The van der Waals surface area contributed by atoms with E-state index in [2.05, 4.69) is 0 Å². The molecule has 5 heteroatoms. The van der Waals surface area contributed by atoms with Crippen molar-refractivity contribution in [1.82, 2.24) is 0 Å². The topological polar surface area (TPSA) is 64.3 Å². The van der Waals surface area contributed by atoms with Crippen molar-refractivity contribution in [3.05, 3.63) is 52.9 Å². The number of sulfone groups is 1. The van der Waals surface area contributed by atoms with Crippen LogP contribution in [0.2, 0.25) is 0 Å². The van der Waals surface area contributed by atoms with E-state index in [1.54, 1.807) is 12.1 Å². The van der Waals surface area contributed by atoms with Gasteiger partial charge in [-0.25, -0.2) is 8.42 Å². The zero-order valence-electron chi connectivity index (χ0n) is 9.08. The molecule has 1 aromatic carbocycles. The Labute approximate surface area is 98.4 Å². The van der Waals surface area contributed by atoms with E-state index >= 15 is 0 Å². The van der Waals surface area contributed by atoms with Gasteiger partial charge in [-0.15, -0.1) is 0 Å². The monoisotopic (exact) mass is 250 g/mol. The molecule has 2 rings (SSSR count). The molecule has 17 heavy (non-hydrogen) atoms. The van der Waals surface area contributed by atoms with Gasteiger partial charge in [0.05, 0.1) is 11.2 Å². The quantitative estimate of drug-likeness (QED) is 0.814. The van der Waals surface area contributed by atoms with E-state index in [1.165, 1.54) is 30.5 Å². The maximum absolute atomic E-state index is 11.3. The Morgan fingerprint density at radius 3 is 2.24 bits per heavy atom. The van der Waals surface area contributed by atoms with Gasteiger partial charge in [0, 0.05) is 24.0 Å². The van der Waals surface area contributed by atoms with Crippen LogP contribution in [0.5, 0.6) is 0 Å². The highest BCUT2D eigenvalue weighted by Crippen LogP contribution is 2.19. The Bertz CT molecular complexity index is 681. The minimum Gasteiger partial charge on any atom is -0.464 e. The smallest absolute Gasteiger partial charge is 0.185 e. The first kappa shape index (κ1) is 11.6. The van der Waals surface area contributed by atoms with E-state index in [0.29, 0.717) is 11.3 Å². The summed E-state index contributed by atoms with van der Waals surface area (Å²) >= 11 is 0. The molecule has 0 saturated heterocycles. The second kappa shape index (κ2) is 4.18. The van der Waals surface area contributed by atoms with Crippen molar-refractivity contribution in [2.24, 2.45) is 0 Å². The van der Waals surface area contributed by atoms with Gasteiger partial charge in [-0.2, -0.15) is 0 Å². The summed E-state index contributed by atoms with van der Waals surface area (Å²) in [7, 11) is -3.20. The van der Waals surface area contributed by atoms with Crippen LogP contribution in [-0.2, 0) is 9.84 Å². The van der Waals surface area contributed by atoms with E-state index < -0.39 is 9.84 Å². The molecule has 1 aromatic heterocycles. The molecule has 0 aliphatic heterocycles. The van der Waals surface area contributed by atoms with Crippen LogP contribution < -0.4 is 5.43 Å². The Balaban J connectivity index is 2.46. The van der Waals surface area contributed by atoms with Gasteiger partial charge in [-0.3, -0.25) is 4.79 Å². The van der Waals surface area contributed by atoms with Gasteiger partial charge >= 0.3 is 0 Å². The van der Waals surface area contributed by atoms with E-state index in [-0.39, 0.29) is 10.3 Å². The van der Waals surface area contributed by atoms with Gasteiger partial charge in [0.15, 0.2) is 15.3 Å². The van der Waals surface area contributed by atoms with E-state index in [4.69, 9.17) is 4.42 Å². The second-order valence-corrected chi connectivity index (χ2v) is 5.64. The van der Waals surface area contributed by atoms with Crippen LogP contribution in [0.3, 0.4) is 0 Å². The standard InChI is InChI=1S/C12H10O4S/c1-17(14,15)11-4-2-9(3-5-11)12-8-10(13)6-7-16-12/h2-8H,1H3. The first-order valence-corrected chi connectivity index (χ1v) is 6.75. The Morgan fingerprint density at radius 1 is 1.06 bits per heavy atom. The van der Waals surface area contributed by atoms with Crippen LogP contribution >= 0.6 is 0 Å². The lowest BCUT2D eigenvalue weighted by Crippen LogP contribution is -1.97. The van der Waals surface area contributed by atoms with Gasteiger partial charge in [-0.05, 0) is 24.3 Å². The molecule has 2 aromatic rings. The third-order valence-electron chi connectivity index (χ3n) is 2.27. The van der Waals surface area contributed by atoms with Crippen LogP contribution in [0.1, 0.15) is 0 Å². The van der Waals surface area contributed by atoms with Crippen LogP contribution in [0.15, 0.2) is 56.8 Å². The molecular weight excluding hydrogens is 240 g/mol. The summed E-state index contributed by atoms with van der Waals surface area (Å²) in [5.74, 6) is 0.414. The van der Waals surface area contributed by atoms with Crippen molar-refractivity contribution < 1.29 is 12.8 Å². The molecule has 0 spiro atoms. The van der Waals surface area contributed by atoms with Crippen LogP contribution in [0, 0.1) is 0 Å². The Hall–Kier alpha value is -1.88.